The van der Waals surface area contributed by atoms with E-state index in [2.05, 4.69) is 13.8 Å². The molecular weight excluding hydrogens is 238 g/mol. The molecular formula is C16H23NO2. The second kappa shape index (κ2) is 6.60. The zero-order chi connectivity index (χ0) is 13.7. The molecule has 1 aliphatic heterocycles. The van der Waals surface area contributed by atoms with Crippen molar-refractivity contribution in [1.29, 1.82) is 0 Å². The first-order valence-corrected chi connectivity index (χ1v) is 7.19. The Morgan fingerprint density at radius 2 is 2.00 bits per heavy atom. The predicted molar refractivity (Wildman–Crippen MR) is 76.5 cm³/mol. The van der Waals surface area contributed by atoms with E-state index in [0.29, 0.717) is 12.5 Å². The fourth-order valence-electron chi connectivity index (χ4n) is 2.26. The molecule has 3 nitrogen and oxygen atoms in total. The molecule has 0 spiro atoms. The predicted octanol–water partition coefficient (Wildman–Crippen LogP) is 3.35. The minimum absolute atomic E-state index is 0.134. The SMILES string of the molecule is CC(C)COc1cccc(C(=O)N2CCCCC2)c1. The third-order valence-electron chi connectivity index (χ3n) is 3.31. The van der Waals surface area contributed by atoms with Gasteiger partial charge in [-0.3, -0.25) is 4.79 Å². The topological polar surface area (TPSA) is 29.5 Å². The third-order valence-corrected chi connectivity index (χ3v) is 3.31. The minimum atomic E-state index is 0.134. The van der Waals surface area contributed by atoms with E-state index in [-0.39, 0.29) is 5.91 Å². The van der Waals surface area contributed by atoms with E-state index in [1.165, 1.54) is 6.42 Å². The van der Waals surface area contributed by atoms with E-state index in [1.807, 2.05) is 29.2 Å². The van der Waals surface area contributed by atoms with Crippen molar-refractivity contribution in [1.82, 2.24) is 4.90 Å². The lowest BCUT2D eigenvalue weighted by atomic mass is 10.1. The maximum absolute atomic E-state index is 12.4. The molecule has 1 aliphatic rings. The van der Waals surface area contributed by atoms with Gasteiger partial charge in [0.2, 0.25) is 0 Å². The molecule has 1 fully saturated rings. The number of hydrogen-bond donors (Lipinski definition) is 0. The van der Waals surface area contributed by atoms with Crippen molar-refractivity contribution in [3.63, 3.8) is 0 Å². The highest BCUT2D eigenvalue weighted by atomic mass is 16.5. The fraction of sp³-hybridized carbons (Fsp3) is 0.562. The van der Waals surface area contributed by atoms with Crippen LogP contribution in [0.3, 0.4) is 0 Å². The zero-order valence-corrected chi connectivity index (χ0v) is 11.9. The Morgan fingerprint density at radius 3 is 2.68 bits per heavy atom. The number of amides is 1. The molecule has 0 saturated carbocycles. The molecule has 1 aromatic carbocycles. The van der Waals surface area contributed by atoms with Gasteiger partial charge in [0.1, 0.15) is 5.75 Å². The molecule has 0 atom stereocenters. The highest BCUT2D eigenvalue weighted by molar-refractivity contribution is 5.94. The van der Waals surface area contributed by atoms with Crippen LogP contribution in [0.2, 0.25) is 0 Å². The molecule has 0 aliphatic carbocycles. The summed E-state index contributed by atoms with van der Waals surface area (Å²) >= 11 is 0. The molecule has 19 heavy (non-hydrogen) atoms. The highest BCUT2D eigenvalue weighted by Gasteiger charge is 2.18. The van der Waals surface area contributed by atoms with Crippen LogP contribution in [0.1, 0.15) is 43.5 Å². The molecule has 1 heterocycles. The first kappa shape index (κ1) is 13.9. The van der Waals surface area contributed by atoms with Gasteiger partial charge < -0.3 is 9.64 Å². The largest absolute Gasteiger partial charge is 0.493 e. The van der Waals surface area contributed by atoms with Crippen molar-refractivity contribution in [2.45, 2.75) is 33.1 Å². The van der Waals surface area contributed by atoms with Crippen molar-refractivity contribution in [2.75, 3.05) is 19.7 Å². The van der Waals surface area contributed by atoms with Gasteiger partial charge in [0.15, 0.2) is 0 Å². The smallest absolute Gasteiger partial charge is 0.253 e. The summed E-state index contributed by atoms with van der Waals surface area (Å²) in [6.45, 7) is 6.68. The van der Waals surface area contributed by atoms with Crippen LogP contribution in [0.4, 0.5) is 0 Å². The lowest BCUT2D eigenvalue weighted by molar-refractivity contribution is 0.0724. The highest BCUT2D eigenvalue weighted by Crippen LogP contribution is 2.18. The summed E-state index contributed by atoms with van der Waals surface area (Å²) in [6.07, 6.45) is 3.48. The Hall–Kier alpha value is -1.51. The summed E-state index contributed by atoms with van der Waals surface area (Å²) in [6, 6.07) is 7.54. The van der Waals surface area contributed by atoms with Gasteiger partial charge in [-0.2, -0.15) is 0 Å². The average molecular weight is 261 g/mol. The van der Waals surface area contributed by atoms with Gasteiger partial charge in [0, 0.05) is 18.7 Å². The normalized spacial score (nSPS) is 15.6. The fourth-order valence-corrected chi connectivity index (χ4v) is 2.26. The monoisotopic (exact) mass is 261 g/mol. The minimum Gasteiger partial charge on any atom is -0.493 e. The van der Waals surface area contributed by atoms with Gasteiger partial charge >= 0.3 is 0 Å². The summed E-state index contributed by atoms with van der Waals surface area (Å²) in [5, 5.41) is 0. The van der Waals surface area contributed by atoms with Gasteiger partial charge in [0.25, 0.3) is 5.91 Å². The van der Waals surface area contributed by atoms with E-state index < -0.39 is 0 Å². The van der Waals surface area contributed by atoms with Crippen LogP contribution in [0.15, 0.2) is 24.3 Å². The molecule has 2 rings (SSSR count). The molecule has 0 N–H and O–H groups in total. The molecule has 1 amide bonds. The second-order valence-corrected chi connectivity index (χ2v) is 5.59. The number of carbonyl (C=O) groups excluding carboxylic acids is 1. The van der Waals surface area contributed by atoms with Crippen molar-refractivity contribution in [2.24, 2.45) is 5.92 Å². The van der Waals surface area contributed by atoms with Crippen LogP contribution in [0.25, 0.3) is 0 Å². The van der Waals surface area contributed by atoms with Gasteiger partial charge in [-0.05, 0) is 43.4 Å². The van der Waals surface area contributed by atoms with Gasteiger partial charge in [-0.25, -0.2) is 0 Å². The number of nitrogens with zero attached hydrogens (tertiary/aromatic N) is 1. The van der Waals surface area contributed by atoms with Crippen molar-refractivity contribution in [3.05, 3.63) is 29.8 Å². The van der Waals surface area contributed by atoms with Crippen molar-refractivity contribution in [3.8, 4) is 5.75 Å². The van der Waals surface area contributed by atoms with Crippen LogP contribution in [-0.4, -0.2) is 30.5 Å². The van der Waals surface area contributed by atoms with E-state index in [9.17, 15) is 4.79 Å². The Kier molecular flexibility index (Phi) is 4.83. The number of likely N-dealkylation sites (tertiary alicyclic amines) is 1. The molecule has 3 heteroatoms. The lowest BCUT2D eigenvalue weighted by Gasteiger charge is -2.26. The quantitative estimate of drug-likeness (QED) is 0.832. The maximum Gasteiger partial charge on any atom is 0.253 e. The molecule has 104 valence electrons. The second-order valence-electron chi connectivity index (χ2n) is 5.59. The van der Waals surface area contributed by atoms with Crippen LogP contribution in [-0.2, 0) is 0 Å². The zero-order valence-electron chi connectivity index (χ0n) is 11.9. The molecule has 1 aromatic rings. The van der Waals surface area contributed by atoms with Crippen molar-refractivity contribution < 1.29 is 9.53 Å². The first-order chi connectivity index (χ1) is 9.16. The lowest BCUT2D eigenvalue weighted by Crippen LogP contribution is -2.35. The van der Waals surface area contributed by atoms with Gasteiger partial charge in [-0.15, -0.1) is 0 Å². The summed E-state index contributed by atoms with van der Waals surface area (Å²) in [5.74, 6) is 1.41. The maximum atomic E-state index is 12.4. The average Bonchev–Trinajstić information content (AvgIpc) is 2.45. The first-order valence-electron chi connectivity index (χ1n) is 7.19. The van der Waals surface area contributed by atoms with E-state index in [1.54, 1.807) is 0 Å². The third kappa shape index (κ3) is 3.98. The van der Waals surface area contributed by atoms with Crippen LogP contribution >= 0.6 is 0 Å². The number of rotatable bonds is 4. The molecule has 0 aromatic heterocycles. The van der Waals surface area contributed by atoms with Crippen LogP contribution in [0.5, 0.6) is 5.75 Å². The standard InChI is InChI=1S/C16H23NO2/c1-13(2)12-19-15-8-6-7-14(11-15)16(18)17-9-4-3-5-10-17/h6-8,11,13H,3-5,9-10,12H2,1-2H3. The van der Waals surface area contributed by atoms with E-state index in [4.69, 9.17) is 4.74 Å². The van der Waals surface area contributed by atoms with Gasteiger partial charge in [0.05, 0.1) is 6.61 Å². The summed E-state index contributed by atoms with van der Waals surface area (Å²) in [4.78, 5) is 14.3. The summed E-state index contributed by atoms with van der Waals surface area (Å²) in [7, 11) is 0. The summed E-state index contributed by atoms with van der Waals surface area (Å²) < 4.78 is 5.67. The Labute approximate surface area is 115 Å². The number of hydrogen-bond acceptors (Lipinski definition) is 2. The molecule has 0 bridgehead atoms. The number of piperidine rings is 1. The number of benzene rings is 1. The Bertz CT molecular complexity index is 423. The molecule has 1 saturated heterocycles. The number of ether oxygens (including phenoxy) is 1. The number of carbonyl (C=O) groups is 1. The Balaban J connectivity index is 2.02. The molecule has 0 unspecified atom stereocenters. The van der Waals surface area contributed by atoms with Crippen molar-refractivity contribution >= 4 is 5.91 Å². The van der Waals surface area contributed by atoms with E-state index in [0.717, 1.165) is 37.2 Å². The molecule has 0 radical (unpaired) electrons. The van der Waals surface area contributed by atoms with Crippen LogP contribution < -0.4 is 4.74 Å². The Morgan fingerprint density at radius 1 is 1.26 bits per heavy atom. The van der Waals surface area contributed by atoms with Gasteiger partial charge in [-0.1, -0.05) is 19.9 Å². The van der Waals surface area contributed by atoms with E-state index >= 15 is 0 Å². The van der Waals surface area contributed by atoms with Crippen LogP contribution in [0, 0.1) is 5.92 Å². The summed E-state index contributed by atoms with van der Waals surface area (Å²) in [5.41, 5.74) is 0.739.